The number of rotatable bonds is 5. The van der Waals surface area contributed by atoms with Crippen LogP contribution in [0, 0.1) is 6.92 Å². The van der Waals surface area contributed by atoms with Gasteiger partial charge in [-0.2, -0.15) is 4.98 Å². The average Bonchev–Trinajstić information content (AvgIpc) is 2.89. The van der Waals surface area contributed by atoms with Gasteiger partial charge in [-0.3, -0.25) is 0 Å². The third-order valence-corrected chi connectivity index (χ3v) is 3.41. The zero-order valence-electron chi connectivity index (χ0n) is 10.0. The summed E-state index contributed by atoms with van der Waals surface area (Å²) in [4.78, 5) is 8.68. The van der Waals surface area contributed by atoms with Crippen LogP contribution < -0.4 is 5.73 Å². The summed E-state index contributed by atoms with van der Waals surface area (Å²) in [5.41, 5.74) is 6.86. The molecule has 0 aliphatic heterocycles. The molecule has 0 saturated heterocycles. The summed E-state index contributed by atoms with van der Waals surface area (Å²) < 4.78 is 5.15. The van der Waals surface area contributed by atoms with E-state index < -0.39 is 0 Å². The maximum absolute atomic E-state index is 5.83. The minimum absolute atomic E-state index is 0.0883. The molecule has 6 heteroatoms. The highest BCUT2D eigenvalue weighted by Gasteiger charge is 2.11. The summed E-state index contributed by atoms with van der Waals surface area (Å²) in [5, 5.41) is 6.96. The molecule has 0 radical (unpaired) electrons. The SMILES string of the molecule is CCC(N)Cc1nc(Cc2nc(C)cs2)no1. The number of aryl methyl sites for hydroxylation is 1. The van der Waals surface area contributed by atoms with E-state index in [1.807, 2.05) is 19.2 Å². The monoisotopic (exact) mass is 252 g/mol. The second-order valence-electron chi connectivity index (χ2n) is 4.04. The zero-order valence-corrected chi connectivity index (χ0v) is 10.8. The Hall–Kier alpha value is -1.27. The van der Waals surface area contributed by atoms with Gasteiger partial charge < -0.3 is 10.3 Å². The minimum Gasteiger partial charge on any atom is -0.339 e. The first-order valence-corrected chi connectivity index (χ1v) is 6.53. The molecule has 0 amide bonds. The van der Waals surface area contributed by atoms with Crippen molar-refractivity contribution in [3.63, 3.8) is 0 Å². The van der Waals surface area contributed by atoms with E-state index in [0.717, 1.165) is 17.1 Å². The van der Waals surface area contributed by atoms with E-state index in [1.54, 1.807) is 11.3 Å². The smallest absolute Gasteiger partial charge is 0.228 e. The number of nitrogens with zero attached hydrogens (tertiary/aromatic N) is 3. The van der Waals surface area contributed by atoms with Crippen LogP contribution in [0.2, 0.25) is 0 Å². The predicted octanol–water partition coefficient (Wildman–Crippen LogP) is 1.71. The van der Waals surface area contributed by atoms with Crippen molar-refractivity contribution in [2.24, 2.45) is 5.73 Å². The summed E-state index contributed by atoms with van der Waals surface area (Å²) in [6.45, 7) is 4.02. The second-order valence-corrected chi connectivity index (χ2v) is 4.98. The van der Waals surface area contributed by atoms with Gasteiger partial charge in [-0.1, -0.05) is 12.1 Å². The molecule has 0 aliphatic carbocycles. The average molecular weight is 252 g/mol. The zero-order chi connectivity index (χ0) is 12.3. The number of thiazole rings is 1. The van der Waals surface area contributed by atoms with Crippen molar-refractivity contribution in [3.05, 3.63) is 27.8 Å². The van der Waals surface area contributed by atoms with Gasteiger partial charge in [0.1, 0.15) is 5.01 Å². The van der Waals surface area contributed by atoms with E-state index in [4.69, 9.17) is 10.3 Å². The molecule has 2 N–H and O–H groups in total. The van der Waals surface area contributed by atoms with E-state index >= 15 is 0 Å². The van der Waals surface area contributed by atoms with Crippen molar-refractivity contribution in [2.75, 3.05) is 0 Å². The van der Waals surface area contributed by atoms with Crippen LogP contribution in [-0.4, -0.2) is 21.2 Å². The van der Waals surface area contributed by atoms with E-state index in [2.05, 4.69) is 15.1 Å². The van der Waals surface area contributed by atoms with Crippen molar-refractivity contribution in [1.29, 1.82) is 0 Å². The third kappa shape index (κ3) is 3.34. The molecule has 17 heavy (non-hydrogen) atoms. The Morgan fingerprint density at radius 1 is 1.47 bits per heavy atom. The standard InChI is InChI=1S/C11H16N4OS/c1-3-8(12)4-10-14-9(15-16-10)5-11-13-7(2)6-17-11/h6,8H,3-5,12H2,1-2H3. The van der Waals surface area contributed by atoms with Gasteiger partial charge in [0, 0.05) is 23.5 Å². The van der Waals surface area contributed by atoms with Gasteiger partial charge in [0.2, 0.25) is 5.89 Å². The highest BCUT2D eigenvalue weighted by atomic mass is 32.1. The molecular formula is C11H16N4OS. The molecular weight excluding hydrogens is 236 g/mol. The molecule has 2 heterocycles. The van der Waals surface area contributed by atoms with Crippen molar-refractivity contribution < 1.29 is 4.52 Å². The van der Waals surface area contributed by atoms with Crippen LogP contribution in [0.1, 0.15) is 35.8 Å². The van der Waals surface area contributed by atoms with Crippen LogP contribution in [0.4, 0.5) is 0 Å². The number of hydrogen-bond acceptors (Lipinski definition) is 6. The highest BCUT2D eigenvalue weighted by Crippen LogP contribution is 2.13. The predicted molar refractivity (Wildman–Crippen MR) is 65.9 cm³/mol. The summed E-state index contributed by atoms with van der Waals surface area (Å²) in [5.74, 6) is 1.29. The maximum Gasteiger partial charge on any atom is 0.228 e. The Labute approximate surface area is 104 Å². The van der Waals surface area contributed by atoms with Crippen LogP contribution >= 0.6 is 11.3 Å². The van der Waals surface area contributed by atoms with Gasteiger partial charge in [0.15, 0.2) is 5.82 Å². The fourth-order valence-corrected chi connectivity index (χ4v) is 2.20. The number of nitrogens with two attached hydrogens (primary N) is 1. The van der Waals surface area contributed by atoms with Crippen LogP contribution in [-0.2, 0) is 12.8 Å². The van der Waals surface area contributed by atoms with Crippen LogP contribution in [0.5, 0.6) is 0 Å². The topological polar surface area (TPSA) is 77.8 Å². The Morgan fingerprint density at radius 2 is 2.29 bits per heavy atom. The van der Waals surface area contributed by atoms with Crippen LogP contribution in [0.25, 0.3) is 0 Å². The first kappa shape index (κ1) is 12.2. The molecule has 0 spiro atoms. The molecule has 92 valence electrons. The molecule has 0 aromatic carbocycles. The summed E-state index contributed by atoms with van der Waals surface area (Å²) in [7, 11) is 0. The molecule has 5 nitrogen and oxygen atoms in total. The first-order valence-electron chi connectivity index (χ1n) is 5.65. The normalized spacial score (nSPS) is 12.9. The molecule has 0 saturated carbocycles. The fraction of sp³-hybridized carbons (Fsp3) is 0.545. The van der Waals surface area contributed by atoms with E-state index in [0.29, 0.717) is 24.6 Å². The van der Waals surface area contributed by atoms with E-state index in [9.17, 15) is 0 Å². The van der Waals surface area contributed by atoms with Gasteiger partial charge in [-0.25, -0.2) is 4.98 Å². The van der Waals surface area contributed by atoms with Gasteiger partial charge in [-0.05, 0) is 13.3 Å². The lowest BCUT2D eigenvalue weighted by molar-refractivity contribution is 0.363. The molecule has 1 unspecified atom stereocenters. The van der Waals surface area contributed by atoms with Crippen molar-refractivity contribution >= 4 is 11.3 Å². The first-order chi connectivity index (χ1) is 8.17. The van der Waals surface area contributed by atoms with E-state index in [1.165, 1.54) is 0 Å². The quantitative estimate of drug-likeness (QED) is 0.876. The summed E-state index contributed by atoms with van der Waals surface area (Å²) in [6.07, 6.45) is 2.17. The Bertz CT molecular complexity index is 479. The van der Waals surface area contributed by atoms with Crippen molar-refractivity contribution in [3.8, 4) is 0 Å². The largest absolute Gasteiger partial charge is 0.339 e. The molecule has 2 aromatic heterocycles. The molecule has 2 rings (SSSR count). The third-order valence-electron chi connectivity index (χ3n) is 2.45. The molecule has 2 aromatic rings. The lowest BCUT2D eigenvalue weighted by atomic mass is 10.2. The number of aromatic nitrogens is 3. The molecule has 0 fully saturated rings. The van der Waals surface area contributed by atoms with Crippen molar-refractivity contribution in [2.45, 2.75) is 39.2 Å². The molecule has 0 aliphatic rings. The van der Waals surface area contributed by atoms with Crippen LogP contribution in [0.3, 0.4) is 0 Å². The molecule has 0 bridgehead atoms. The lowest BCUT2D eigenvalue weighted by Gasteiger charge is -2.02. The molecule has 1 atom stereocenters. The van der Waals surface area contributed by atoms with E-state index in [-0.39, 0.29) is 6.04 Å². The summed E-state index contributed by atoms with van der Waals surface area (Å²) >= 11 is 1.61. The lowest BCUT2D eigenvalue weighted by Crippen LogP contribution is -2.21. The Morgan fingerprint density at radius 3 is 2.94 bits per heavy atom. The second kappa shape index (κ2) is 5.37. The van der Waals surface area contributed by atoms with Gasteiger partial charge in [0.05, 0.1) is 6.42 Å². The van der Waals surface area contributed by atoms with Gasteiger partial charge >= 0.3 is 0 Å². The van der Waals surface area contributed by atoms with Gasteiger partial charge in [-0.15, -0.1) is 11.3 Å². The highest BCUT2D eigenvalue weighted by molar-refractivity contribution is 7.09. The summed E-state index contributed by atoms with van der Waals surface area (Å²) in [6, 6.07) is 0.0883. The van der Waals surface area contributed by atoms with Gasteiger partial charge in [0.25, 0.3) is 0 Å². The Balaban J connectivity index is 1.98. The fourth-order valence-electron chi connectivity index (χ4n) is 1.43. The minimum atomic E-state index is 0.0883. The maximum atomic E-state index is 5.83. The van der Waals surface area contributed by atoms with Crippen LogP contribution in [0.15, 0.2) is 9.90 Å². The Kier molecular flexibility index (Phi) is 3.86. The number of hydrogen-bond donors (Lipinski definition) is 1. The van der Waals surface area contributed by atoms with Crippen molar-refractivity contribution in [1.82, 2.24) is 15.1 Å².